The average molecular weight is 336 g/mol. The summed E-state index contributed by atoms with van der Waals surface area (Å²) in [5, 5.41) is 3.05. The Hall–Kier alpha value is -1.40. The molecule has 1 saturated heterocycles. The summed E-state index contributed by atoms with van der Waals surface area (Å²) in [5.74, 6) is 0.568. The van der Waals surface area contributed by atoms with E-state index >= 15 is 0 Å². The number of sulfone groups is 1. The van der Waals surface area contributed by atoms with Crippen molar-refractivity contribution in [3.63, 3.8) is 0 Å². The predicted octanol–water partition coefficient (Wildman–Crippen LogP) is 0.873. The largest absolute Gasteiger partial charge is 0.354 e. The van der Waals surface area contributed by atoms with Gasteiger partial charge in [0.15, 0.2) is 9.84 Å². The summed E-state index contributed by atoms with van der Waals surface area (Å²) in [6, 6.07) is 8.09. The second-order valence-corrected chi connectivity index (χ2v) is 8.95. The first-order chi connectivity index (χ1) is 10.9. The standard InChI is InChI=1S/C17H24N2O3S/c1-14-4-2-3-5-15(14)17(6-7-17)16(20)18-8-9-19-10-12-23(21,22)13-11-19/h2-5H,6-13H2,1H3,(H,18,20). The lowest BCUT2D eigenvalue weighted by atomic mass is 9.91. The number of carbonyl (C=O) groups excluding carboxylic acids is 1. The van der Waals surface area contributed by atoms with Crippen molar-refractivity contribution < 1.29 is 13.2 Å². The number of hydrogen-bond donors (Lipinski definition) is 1. The molecule has 0 atom stereocenters. The van der Waals surface area contributed by atoms with Gasteiger partial charge in [0.2, 0.25) is 5.91 Å². The molecule has 1 aliphatic carbocycles. The van der Waals surface area contributed by atoms with E-state index in [2.05, 4.69) is 29.3 Å². The molecule has 1 aromatic rings. The Morgan fingerprint density at radius 3 is 2.48 bits per heavy atom. The molecule has 1 N–H and O–H groups in total. The van der Waals surface area contributed by atoms with E-state index in [9.17, 15) is 13.2 Å². The highest BCUT2D eigenvalue weighted by Crippen LogP contribution is 2.49. The van der Waals surface area contributed by atoms with Gasteiger partial charge < -0.3 is 5.32 Å². The van der Waals surface area contributed by atoms with Crippen molar-refractivity contribution in [3.8, 4) is 0 Å². The minimum absolute atomic E-state index is 0.108. The van der Waals surface area contributed by atoms with Gasteiger partial charge in [-0.2, -0.15) is 0 Å². The first-order valence-corrected chi connectivity index (χ1v) is 10.0. The second kappa shape index (κ2) is 6.24. The fourth-order valence-corrected chi connectivity index (χ4v) is 4.60. The zero-order chi connectivity index (χ0) is 16.5. The van der Waals surface area contributed by atoms with Gasteiger partial charge in [0, 0.05) is 26.2 Å². The lowest BCUT2D eigenvalue weighted by Gasteiger charge is -2.27. The summed E-state index contributed by atoms with van der Waals surface area (Å²) >= 11 is 0. The van der Waals surface area contributed by atoms with Crippen LogP contribution < -0.4 is 5.32 Å². The quantitative estimate of drug-likeness (QED) is 0.867. The molecular weight excluding hydrogens is 312 g/mol. The maximum absolute atomic E-state index is 12.6. The lowest BCUT2D eigenvalue weighted by Crippen LogP contribution is -2.45. The fraction of sp³-hybridized carbons (Fsp3) is 0.588. The van der Waals surface area contributed by atoms with Crippen molar-refractivity contribution in [2.75, 3.05) is 37.7 Å². The molecule has 0 radical (unpaired) electrons. The average Bonchev–Trinajstić information content (AvgIpc) is 3.31. The summed E-state index contributed by atoms with van der Waals surface area (Å²) in [5.41, 5.74) is 1.97. The summed E-state index contributed by atoms with van der Waals surface area (Å²) < 4.78 is 22.8. The van der Waals surface area contributed by atoms with Gasteiger partial charge in [-0.3, -0.25) is 9.69 Å². The molecule has 6 heteroatoms. The molecule has 1 aliphatic heterocycles. The molecule has 0 bridgehead atoms. The molecule has 1 amide bonds. The molecule has 1 aromatic carbocycles. The Balaban J connectivity index is 1.52. The number of hydrogen-bond acceptors (Lipinski definition) is 4. The second-order valence-electron chi connectivity index (χ2n) is 6.65. The van der Waals surface area contributed by atoms with Crippen LogP contribution in [0, 0.1) is 6.92 Å². The van der Waals surface area contributed by atoms with Crippen molar-refractivity contribution in [1.82, 2.24) is 10.2 Å². The number of amides is 1. The number of carbonyl (C=O) groups is 1. The fourth-order valence-electron chi connectivity index (χ4n) is 3.32. The molecule has 0 unspecified atom stereocenters. The molecule has 0 aromatic heterocycles. The lowest BCUT2D eigenvalue weighted by molar-refractivity contribution is -0.123. The van der Waals surface area contributed by atoms with Crippen LogP contribution in [0.3, 0.4) is 0 Å². The van der Waals surface area contributed by atoms with Crippen LogP contribution in [0.5, 0.6) is 0 Å². The monoisotopic (exact) mass is 336 g/mol. The third kappa shape index (κ3) is 3.58. The molecular formula is C17H24N2O3S. The molecule has 126 valence electrons. The smallest absolute Gasteiger partial charge is 0.230 e. The number of rotatable bonds is 5. The van der Waals surface area contributed by atoms with Crippen molar-refractivity contribution in [2.45, 2.75) is 25.2 Å². The molecule has 2 aliphatic rings. The van der Waals surface area contributed by atoms with Crippen molar-refractivity contribution in [2.24, 2.45) is 0 Å². The Morgan fingerprint density at radius 1 is 1.22 bits per heavy atom. The van der Waals surface area contributed by atoms with Gasteiger partial charge in [-0.05, 0) is 30.9 Å². The number of benzene rings is 1. The maximum Gasteiger partial charge on any atom is 0.230 e. The van der Waals surface area contributed by atoms with Crippen LogP contribution in [0.4, 0.5) is 0 Å². The molecule has 0 spiro atoms. The predicted molar refractivity (Wildman–Crippen MR) is 90.2 cm³/mol. The van der Waals surface area contributed by atoms with E-state index in [1.807, 2.05) is 12.1 Å². The van der Waals surface area contributed by atoms with Gasteiger partial charge >= 0.3 is 0 Å². The molecule has 5 nitrogen and oxygen atoms in total. The third-order valence-electron chi connectivity index (χ3n) is 5.00. The van der Waals surface area contributed by atoms with Crippen LogP contribution in [0.15, 0.2) is 24.3 Å². The van der Waals surface area contributed by atoms with Gasteiger partial charge in [-0.1, -0.05) is 24.3 Å². The summed E-state index contributed by atoms with van der Waals surface area (Å²) in [6.07, 6.45) is 1.82. The van der Waals surface area contributed by atoms with E-state index in [4.69, 9.17) is 0 Å². The highest BCUT2D eigenvalue weighted by Gasteiger charge is 2.51. The number of nitrogens with one attached hydrogen (secondary N) is 1. The maximum atomic E-state index is 12.6. The topological polar surface area (TPSA) is 66.5 Å². The minimum Gasteiger partial charge on any atom is -0.354 e. The number of aryl methyl sites for hydroxylation is 1. The Labute approximate surface area is 138 Å². The highest BCUT2D eigenvalue weighted by molar-refractivity contribution is 7.91. The summed E-state index contributed by atoms with van der Waals surface area (Å²) in [7, 11) is -2.84. The van der Waals surface area contributed by atoms with Crippen LogP contribution in [-0.2, 0) is 20.0 Å². The summed E-state index contributed by atoms with van der Waals surface area (Å²) in [4.78, 5) is 14.7. The Kier molecular flexibility index (Phi) is 4.47. The third-order valence-corrected chi connectivity index (χ3v) is 6.61. The highest BCUT2D eigenvalue weighted by atomic mass is 32.2. The normalized spacial score (nSPS) is 22.5. The van der Waals surface area contributed by atoms with E-state index in [1.165, 1.54) is 5.56 Å². The molecule has 23 heavy (non-hydrogen) atoms. The van der Waals surface area contributed by atoms with E-state index in [-0.39, 0.29) is 22.8 Å². The van der Waals surface area contributed by atoms with Crippen LogP contribution in [0.2, 0.25) is 0 Å². The van der Waals surface area contributed by atoms with Gasteiger partial charge in [0.05, 0.1) is 16.9 Å². The van der Waals surface area contributed by atoms with Gasteiger partial charge in [-0.15, -0.1) is 0 Å². The Bertz CT molecular complexity index is 682. The first-order valence-electron chi connectivity index (χ1n) is 8.20. The van der Waals surface area contributed by atoms with Crippen LogP contribution in [-0.4, -0.2) is 56.9 Å². The van der Waals surface area contributed by atoms with E-state index in [0.717, 1.165) is 18.4 Å². The van der Waals surface area contributed by atoms with Crippen molar-refractivity contribution in [3.05, 3.63) is 35.4 Å². The van der Waals surface area contributed by atoms with E-state index in [1.54, 1.807) is 0 Å². The Morgan fingerprint density at radius 2 is 1.87 bits per heavy atom. The van der Waals surface area contributed by atoms with Crippen molar-refractivity contribution >= 4 is 15.7 Å². The van der Waals surface area contributed by atoms with Crippen molar-refractivity contribution in [1.29, 1.82) is 0 Å². The molecule has 1 heterocycles. The first kappa shape index (κ1) is 16.5. The number of nitrogens with zero attached hydrogens (tertiary/aromatic N) is 1. The van der Waals surface area contributed by atoms with E-state index in [0.29, 0.717) is 26.2 Å². The van der Waals surface area contributed by atoms with Gasteiger partial charge in [-0.25, -0.2) is 8.42 Å². The van der Waals surface area contributed by atoms with E-state index < -0.39 is 9.84 Å². The van der Waals surface area contributed by atoms with Gasteiger partial charge in [0.1, 0.15) is 0 Å². The SMILES string of the molecule is Cc1ccccc1C1(C(=O)NCCN2CCS(=O)(=O)CC2)CC1. The van der Waals surface area contributed by atoms with Crippen LogP contribution in [0.1, 0.15) is 24.0 Å². The molecule has 2 fully saturated rings. The van der Waals surface area contributed by atoms with Crippen LogP contribution in [0.25, 0.3) is 0 Å². The zero-order valence-corrected chi connectivity index (χ0v) is 14.4. The summed E-state index contributed by atoms with van der Waals surface area (Å²) in [6.45, 7) is 4.48. The van der Waals surface area contributed by atoms with Crippen LogP contribution >= 0.6 is 0 Å². The zero-order valence-electron chi connectivity index (χ0n) is 13.5. The van der Waals surface area contributed by atoms with Gasteiger partial charge in [0.25, 0.3) is 0 Å². The molecule has 1 saturated carbocycles. The molecule has 3 rings (SSSR count). The minimum atomic E-state index is -2.84.